The Morgan fingerprint density at radius 1 is 1.13 bits per heavy atom. The van der Waals surface area contributed by atoms with Crippen LogP contribution < -0.4 is 10.1 Å². The van der Waals surface area contributed by atoms with Crippen LogP contribution in [-0.4, -0.2) is 24.0 Å². The molecule has 0 saturated heterocycles. The van der Waals surface area contributed by atoms with Crippen molar-refractivity contribution in [1.29, 1.82) is 0 Å². The van der Waals surface area contributed by atoms with Gasteiger partial charge in [-0.15, -0.1) is 0 Å². The minimum atomic E-state index is -0.489. The highest BCUT2D eigenvalue weighted by Crippen LogP contribution is 2.36. The molecule has 6 heteroatoms. The number of phenolic OH excluding ortho intramolecular Hbond substituents is 1. The van der Waals surface area contributed by atoms with Gasteiger partial charge in [0, 0.05) is 11.1 Å². The number of methoxy groups -OCH3 is 1. The molecular weight excluding hydrogens is 318 g/mol. The standard InChI is InChI=1S/C17H12ClNO4/c1-23-14-8-9(7-13(18)15(14)20)6-12-10-4-2-3-5-11(10)16(21)19-17(12)22/h2-8,20H,1H3,(H,19,21,22)/b12-6-. The molecule has 0 aromatic heterocycles. The Labute approximate surface area is 137 Å². The summed E-state index contributed by atoms with van der Waals surface area (Å²) in [6.45, 7) is 0. The summed E-state index contributed by atoms with van der Waals surface area (Å²) in [5, 5.41) is 12.2. The fraction of sp³-hybridized carbons (Fsp3) is 0.0588. The van der Waals surface area contributed by atoms with Crippen molar-refractivity contribution in [3.8, 4) is 11.5 Å². The van der Waals surface area contributed by atoms with Gasteiger partial charge < -0.3 is 9.84 Å². The van der Waals surface area contributed by atoms with E-state index in [1.54, 1.807) is 36.4 Å². The quantitative estimate of drug-likeness (QED) is 0.656. The van der Waals surface area contributed by atoms with E-state index in [0.717, 1.165) is 0 Å². The van der Waals surface area contributed by atoms with Crippen molar-refractivity contribution < 1.29 is 19.4 Å². The highest BCUT2D eigenvalue weighted by Gasteiger charge is 2.26. The van der Waals surface area contributed by atoms with Crippen LogP contribution in [0.25, 0.3) is 11.6 Å². The Morgan fingerprint density at radius 2 is 1.83 bits per heavy atom. The van der Waals surface area contributed by atoms with Crippen LogP contribution in [0.1, 0.15) is 21.5 Å². The zero-order valence-corrected chi connectivity index (χ0v) is 12.8. The third kappa shape index (κ3) is 2.66. The van der Waals surface area contributed by atoms with Gasteiger partial charge in [0.15, 0.2) is 11.5 Å². The monoisotopic (exact) mass is 329 g/mol. The molecule has 0 aliphatic carbocycles. The highest BCUT2D eigenvalue weighted by molar-refractivity contribution is 6.34. The van der Waals surface area contributed by atoms with Gasteiger partial charge in [-0.2, -0.15) is 0 Å². The van der Waals surface area contributed by atoms with Crippen LogP contribution in [0.5, 0.6) is 11.5 Å². The number of benzene rings is 2. The summed E-state index contributed by atoms with van der Waals surface area (Å²) in [5.41, 5.74) is 1.88. The molecule has 116 valence electrons. The number of phenols is 1. The fourth-order valence-corrected chi connectivity index (χ4v) is 2.64. The molecule has 2 aromatic carbocycles. The van der Waals surface area contributed by atoms with E-state index < -0.39 is 11.8 Å². The molecule has 2 aromatic rings. The lowest BCUT2D eigenvalue weighted by atomic mass is 9.93. The Kier molecular flexibility index (Phi) is 3.80. The van der Waals surface area contributed by atoms with E-state index in [-0.39, 0.29) is 16.5 Å². The number of carbonyl (C=O) groups is 2. The fourth-order valence-electron chi connectivity index (χ4n) is 2.42. The molecule has 0 bridgehead atoms. The number of amides is 2. The van der Waals surface area contributed by atoms with Crippen LogP contribution in [0.2, 0.25) is 5.02 Å². The molecule has 23 heavy (non-hydrogen) atoms. The Hall–Kier alpha value is -2.79. The Morgan fingerprint density at radius 3 is 2.52 bits per heavy atom. The summed E-state index contributed by atoms with van der Waals surface area (Å²) < 4.78 is 5.05. The number of carbonyl (C=O) groups excluding carboxylic acids is 2. The van der Waals surface area contributed by atoms with Gasteiger partial charge in [0.2, 0.25) is 0 Å². The second-order valence-electron chi connectivity index (χ2n) is 4.94. The van der Waals surface area contributed by atoms with Crippen molar-refractivity contribution in [1.82, 2.24) is 5.32 Å². The van der Waals surface area contributed by atoms with Crippen LogP contribution in [-0.2, 0) is 4.79 Å². The molecular formula is C17H12ClNO4. The molecule has 1 heterocycles. The molecule has 2 amide bonds. The van der Waals surface area contributed by atoms with Gasteiger partial charge in [0.25, 0.3) is 11.8 Å². The third-order valence-electron chi connectivity index (χ3n) is 3.52. The maximum atomic E-state index is 12.2. The highest BCUT2D eigenvalue weighted by atomic mass is 35.5. The van der Waals surface area contributed by atoms with Crippen LogP contribution in [0, 0.1) is 0 Å². The largest absolute Gasteiger partial charge is 0.503 e. The van der Waals surface area contributed by atoms with Crippen LogP contribution in [0.3, 0.4) is 0 Å². The lowest BCUT2D eigenvalue weighted by Gasteiger charge is -2.18. The number of fused-ring (bicyclic) bond motifs is 1. The van der Waals surface area contributed by atoms with Crippen molar-refractivity contribution in [2.75, 3.05) is 7.11 Å². The summed E-state index contributed by atoms with van der Waals surface area (Å²) in [4.78, 5) is 24.0. The smallest absolute Gasteiger partial charge is 0.258 e. The number of nitrogens with one attached hydrogen (secondary N) is 1. The number of rotatable bonds is 2. The summed E-state index contributed by atoms with van der Waals surface area (Å²) in [6, 6.07) is 9.90. The SMILES string of the molecule is COc1cc(/C=C2\C(=O)NC(=O)c3ccccc32)cc(Cl)c1O. The lowest BCUT2D eigenvalue weighted by molar-refractivity contribution is -0.114. The predicted molar refractivity (Wildman–Crippen MR) is 86.5 cm³/mol. The molecule has 0 spiro atoms. The molecule has 3 rings (SSSR count). The van der Waals surface area contributed by atoms with E-state index in [2.05, 4.69) is 5.32 Å². The first-order valence-corrected chi connectivity index (χ1v) is 7.12. The van der Waals surface area contributed by atoms with Gasteiger partial charge in [0.1, 0.15) is 0 Å². The molecule has 0 saturated carbocycles. The van der Waals surface area contributed by atoms with E-state index in [1.165, 1.54) is 13.2 Å². The van der Waals surface area contributed by atoms with Crippen LogP contribution >= 0.6 is 11.6 Å². The van der Waals surface area contributed by atoms with Crippen LogP contribution in [0.15, 0.2) is 36.4 Å². The molecule has 1 aliphatic rings. The van der Waals surface area contributed by atoms with Gasteiger partial charge in [-0.1, -0.05) is 29.8 Å². The third-order valence-corrected chi connectivity index (χ3v) is 3.80. The number of hydrogen-bond acceptors (Lipinski definition) is 4. The van der Waals surface area contributed by atoms with E-state index >= 15 is 0 Å². The van der Waals surface area contributed by atoms with Gasteiger partial charge >= 0.3 is 0 Å². The number of halogens is 1. The zero-order valence-electron chi connectivity index (χ0n) is 12.1. The topological polar surface area (TPSA) is 75.6 Å². The normalized spacial score (nSPS) is 15.3. The van der Waals surface area contributed by atoms with Gasteiger partial charge in [0.05, 0.1) is 12.1 Å². The Bertz CT molecular complexity index is 858. The second kappa shape index (κ2) is 5.78. The number of imide groups is 1. The van der Waals surface area contributed by atoms with Crippen LogP contribution in [0.4, 0.5) is 0 Å². The first-order chi connectivity index (χ1) is 11.0. The molecule has 2 N–H and O–H groups in total. The maximum Gasteiger partial charge on any atom is 0.258 e. The number of aromatic hydroxyl groups is 1. The molecule has 0 radical (unpaired) electrons. The minimum absolute atomic E-state index is 0.108. The first-order valence-electron chi connectivity index (χ1n) is 6.74. The lowest BCUT2D eigenvalue weighted by Crippen LogP contribution is -2.36. The summed E-state index contributed by atoms with van der Waals surface area (Å²) >= 11 is 5.96. The van der Waals surface area contributed by atoms with Crippen molar-refractivity contribution in [3.05, 3.63) is 58.1 Å². The van der Waals surface area contributed by atoms with Gasteiger partial charge in [-0.25, -0.2) is 0 Å². The predicted octanol–water partition coefficient (Wildman–Crippen LogP) is 2.86. The molecule has 5 nitrogen and oxygen atoms in total. The first kappa shape index (κ1) is 15.1. The van der Waals surface area contributed by atoms with Gasteiger partial charge in [-0.3, -0.25) is 14.9 Å². The van der Waals surface area contributed by atoms with E-state index in [1.807, 2.05) is 0 Å². The van der Waals surface area contributed by atoms with E-state index in [4.69, 9.17) is 16.3 Å². The second-order valence-corrected chi connectivity index (χ2v) is 5.35. The summed E-state index contributed by atoms with van der Waals surface area (Å²) in [6.07, 6.45) is 1.59. The number of ether oxygens (including phenoxy) is 1. The Balaban J connectivity index is 2.16. The molecule has 0 atom stereocenters. The average molecular weight is 330 g/mol. The van der Waals surface area contributed by atoms with Crippen molar-refractivity contribution in [2.24, 2.45) is 0 Å². The van der Waals surface area contributed by atoms with E-state index in [0.29, 0.717) is 22.3 Å². The van der Waals surface area contributed by atoms with E-state index in [9.17, 15) is 14.7 Å². The minimum Gasteiger partial charge on any atom is -0.503 e. The summed E-state index contributed by atoms with van der Waals surface area (Å²) in [7, 11) is 1.41. The average Bonchev–Trinajstić information content (AvgIpc) is 2.54. The van der Waals surface area contributed by atoms with Crippen molar-refractivity contribution in [3.63, 3.8) is 0 Å². The van der Waals surface area contributed by atoms with Crippen molar-refractivity contribution in [2.45, 2.75) is 0 Å². The van der Waals surface area contributed by atoms with Crippen molar-refractivity contribution >= 4 is 35.1 Å². The molecule has 0 fully saturated rings. The maximum absolute atomic E-state index is 12.2. The summed E-state index contributed by atoms with van der Waals surface area (Å²) in [5.74, 6) is -0.883. The number of hydrogen-bond donors (Lipinski definition) is 2. The molecule has 1 aliphatic heterocycles. The van der Waals surface area contributed by atoms with Gasteiger partial charge in [-0.05, 0) is 35.4 Å². The molecule has 0 unspecified atom stereocenters. The zero-order chi connectivity index (χ0) is 16.6.